The van der Waals surface area contributed by atoms with E-state index in [1.165, 1.54) is 36.8 Å². The predicted octanol–water partition coefficient (Wildman–Crippen LogP) is 4.24. The zero-order valence-electron chi connectivity index (χ0n) is 15.5. The van der Waals surface area contributed by atoms with Gasteiger partial charge in [0.05, 0.1) is 0 Å². The molecule has 1 aromatic carbocycles. The molecule has 0 atom stereocenters. The second-order valence-corrected chi connectivity index (χ2v) is 7.78. The second-order valence-electron chi connectivity index (χ2n) is 7.78. The van der Waals surface area contributed by atoms with Crippen molar-refractivity contribution < 1.29 is 9.32 Å². The number of hydrogen-bond acceptors (Lipinski definition) is 4. The Balaban J connectivity index is 1.62. The van der Waals surface area contributed by atoms with E-state index >= 15 is 0 Å². The topological polar surface area (TPSA) is 68.0 Å². The van der Waals surface area contributed by atoms with Gasteiger partial charge in [-0.2, -0.15) is 4.98 Å². The average Bonchev–Trinajstić information content (AvgIpc) is 2.97. The first kappa shape index (κ1) is 17.3. The molecule has 1 amide bonds. The third-order valence-corrected chi connectivity index (χ3v) is 5.88. The lowest BCUT2D eigenvalue weighted by atomic mass is 9.87. The minimum atomic E-state index is -0.513. The summed E-state index contributed by atoms with van der Waals surface area (Å²) in [6.45, 7) is 1.80. The summed E-state index contributed by atoms with van der Waals surface area (Å²) < 4.78 is 5.23. The van der Waals surface area contributed by atoms with Gasteiger partial charge in [0.2, 0.25) is 5.89 Å². The number of carbonyl (C=O) groups is 1. The Morgan fingerprint density at radius 2 is 1.77 bits per heavy atom. The van der Waals surface area contributed by atoms with Crippen molar-refractivity contribution in [1.82, 2.24) is 15.5 Å². The molecule has 0 bridgehead atoms. The molecule has 1 fully saturated rings. The van der Waals surface area contributed by atoms with E-state index in [2.05, 4.69) is 27.6 Å². The molecule has 0 unspecified atom stereocenters. The molecule has 1 heterocycles. The van der Waals surface area contributed by atoms with Crippen LogP contribution in [-0.2, 0) is 18.4 Å². The molecule has 0 spiro atoms. The third-order valence-electron chi connectivity index (χ3n) is 5.88. The Morgan fingerprint density at radius 1 is 1.04 bits per heavy atom. The van der Waals surface area contributed by atoms with Crippen LogP contribution in [0.1, 0.15) is 84.6 Å². The Labute approximate surface area is 154 Å². The first-order chi connectivity index (χ1) is 12.7. The highest BCUT2D eigenvalue weighted by Gasteiger charge is 2.39. The number of benzene rings is 1. The standard InChI is InChI=1S/C21H27N3O2/c1-15-22-20(24-26-15)21(12-6-2-3-7-13-21)23-19(25)18-11-10-16-8-4-5-9-17(16)14-18/h10-11,14H,2-9,12-13H2,1H3,(H,23,25). The molecule has 138 valence electrons. The second kappa shape index (κ2) is 7.22. The summed E-state index contributed by atoms with van der Waals surface area (Å²) >= 11 is 0. The number of amides is 1. The van der Waals surface area contributed by atoms with Crippen LogP contribution in [0.3, 0.4) is 0 Å². The molecule has 5 nitrogen and oxygen atoms in total. The maximum atomic E-state index is 13.1. The van der Waals surface area contributed by atoms with Gasteiger partial charge in [-0.1, -0.05) is 36.9 Å². The quantitative estimate of drug-likeness (QED) is 0.838. The maximum absolute atomic E-state index is 13.1. The third kappa shape index (κ3) is 3.39. The number of rotatable bonds is 3. The number of hydrogen-bond donors (Lipinski definition) is 1. The zero-order valence-corrected chi connectivity index (χ0v) is 15.5. The van der Waals surface area contributed by atoms with E-state index in [-0.39, 0.29) is 5.91 Å². The van der Waals surface area contributed by atoms with Crippen molar-refractivity contribution >= 4 is 5.91 Å². The van der Waals surface area contributed by atoms with Crippen molar-refractivity contribution in [2.24, 2.45) is 0 Å². The van der Waals surface area contributed by atoms with Crippen LogP contribution in [0, 0.1) is 6.92 Å². The summed E-state index contributed by atoms with van der Waals surface area (Å²) in [7, 11) is 0. The van der Waals surface area contributed by atoms with Crippen LogP contribution >= 0.6 is 0 Å². The van der Waals surface area contributed by atoms with E-state index in [0.29, 0.717) is 11.7 Å². The van der Waals surface area contributed by atoms with Gasteiger partial charge in [-0.3, -0.25) is 4.79 Å². The van der Waals surface area contributed by atoms with Crippen LogP contribution in [0.2, 0.25) is 0 Å². The number of aromatic nitrogens is 2. The summed E-state index contributed by atoms with van der Waals surface area (Å²) in [4.78, 5) is 17.6. The number of aryl methyl sites for hydroxylation is 3. The molecular weight excluding hydrogens is 326 g/mol. The summed E-state index contributed by atoms with van der Waals surface area (Å²) in [6.07, 6.45) is 10.9. The fraction of sp³-hybridized carbons (Fsp3) is 0.571. The molecule has 2 aliphatic rings. The SMILES string of the molecule is Cc1nc(C2(NC(=O)c3ccc4c(c3)CCCC4)CCCCCC2)no1. The van der Waals surface area contributed by atoms with E-state index in [1.54, 1.807) is 6.92 Å². The molecule has 5 heteroatoms. The molecule has 1 N–H and O–H groups in total. The van der Waals surface area contributed by atoms with E-state index in [1.807, 2.05) is 6.07 Å². The van der Waals surface area contributed by atoms with E-state index in [0.717, 1.165) is 44.1 Å². The Kier molecular flexibility index (Phi) is 4.79. The first-order valence-corrected chi connectivity index (χ1v) is 9.91. The molecular formula is C21H27N3O2. The Bertz CT molecular complexity index is 788. The van der Waals surface area contributed by atoms with Crippen molar-refractivity contribution in [2.45, 2.75) is 76.7 Å². The molecule has 2 aromatic rings. The van der Waals surface area contributed by atoms with Gasteiger partial charge in [0.1, 0.15) is 5.54 Å². The zero-order chi connectivity index (χ0) is 18.0. The normalized spacial score (nSPS) is 19.4. The number of nitrogens with zero attached hydrogens (tertiary/aromatic N) is 2. The highest BCUT2D eigenvalue weighted by molar-refractivity contribution is 5.95. The smallest absolute Gasteiger partial charge is 0.252 e. The fourth-order valence-electron chi connectivity index (χ4n) is 4.39. The minimum Gasteiger partial charge on any atom is -0.340 e. The molecule has 0 saturated heterocycles. The highest BCUT2D eigenvalue weighted by atomic mass is 16.5. The van der Waals surface area contributed by atoms with Gasteiger partial charge in [0, 0.05) is 12.5 Å². The van der Waals surface area contributed by atoms with Gasteiger partial charge in [-0.15, -0.1) is 0 Å². The molecule has 0 radical (unpaired) electrons. The summed E-state index contributed by atoms with van der Waals surface area (Å²) in [5.41, 5.74) is 2.95. The molecule has 4 rings (SSSR count). The number of fused-ring (bicyclic) bond motifs is 1. The van der Waals surface area contributed by atoms with Crippen LogP contribution in [0.25, 0.3) is 0 Å². The molecule has 0 aliphatic heterocycles. The van der Waals surface area contributed by atoms with Crippen molar-refractivity contribution in [3.8, 4) is 0 Å². The Hall–Kier alpha value is -2.17. The molecule has 26 heavy (non-hydrogen) atoms. The lowest BCUT2D eigenvalue weighted by Gasteiger charge is -2.31. The lowest BCUT2D eigenvalue weighted by molar-refractivity contribution is 0.0876. The van der Waals surface area contributed by atoms with E-state index < -0.39 is 5.54 Å². The minimum absolute atomic E-state index is 0.0253. The van der Waals surface area contributed by atoms with Gasteiger partial charge < -0.3 is 9.84 Å². The van der Waals surface area contributed by atoms with Crippen LogP contribution in [0.4, 0.5) is 0 Å². The monoisotopic (exact) mass is 353 g/mol. The Morgan fingerprint density at radius 3 is 2.46 bits per heavy atom. The van der Waals surface area contributed by atoms with E-state index in [4.69, 9.17) is 4.52 Å². The summed E-state index contributed by atoms with van der Waals surface area (Å²) in [5.74, 6) is 1.15. The first-order valence-electron chi connectivity index (χ1n) is 9.91. The van der Waals surface area contributed by atoms with Crippen LogP contribution < -0.4 is 5.32 Å². The number of nitrogens with one attached hydrogen (secondary N) is 1. The van der Waals surface area contributed by atoms with Gasteiger partial charge in [-0.25, -0.2) is 0 Å². The summed E-state index contributed by atoms with van der Waals surface area (Å²) in [6, 6.07) is 6.17. The van der Waals surface area contributed by atoms with Gasteiger partial charge in [0.25, 0.3) is 5.91 Å². The van der Waals surface area contributed by atoms with Crippen molar-refractivity contribution in [3.05, 3.63) is 46.6 Å². The maximum Gasteiger partial charge on any atom is 0.252 e. The average molecular weight is 353 g/mol. The van der Waals surface area contributed by atoms with Crippen LogP contribution in [0.5, 0.6) is 0 Å². The molecule has 2 aliphatic carbocycles. The molecule has 1 saturated carbocycles. The fourth-order valence-corrected chi connectivity index (χ4v) is 4.39. The van der Waals surface area contributed by atoms with Crippen LogP contribution in [-0.4, -0.2) is 16.0 Å². The number of carbonyl (C=O) groups excluding carboxylic acids is 1. The highest BCUT2D eigenvalue weighted by Crippen LogP contribution is 2.35. The van der Waals surface area contributed by atoms with E-state index in [9.17, 15) is 4.79 Å². The van der Waals surface area contributed by atoms with Gasteiger partial charge in [-0.05, 0) is 61.8 Å². The van der Waals surface area contributed by atoms with Gasteiger partial charge >= 0.3 is 0 Å². The predicted molar refractivity (Wildman–Crippen MR) is 99.0 cm³/mol. The van der Waals surface area contributed by atoms with Gasteiger partial charge in [0.15, 0.2) is 5.82 Å². The molecule has 1 aromatic heterocycles. The van der Waals surface area contributed by atoms with Crippen molar-refractivity contribution in [2.75, 3.05) is 0 Å². The van der Waals surface area contributed by atoms with Crippen molar-refractivity contribution in [1.29, 1.82) is 0 Å². The largest absolute Gasteiger partial charge is 0.340 e. The van der Waals surface area contributed by atoms with Crippen molar-refractivity contribution in [3.63, 3.8) is 0 Å². The van der Waals surface area contributed by atoms with Crippen LogP contribution in [0.15, 0.2) is 22.7 Å². The lowest BCUT2D eigenvalue weighted by Crippen LogP contribution is -2.46. The summed E-state index contributed by atoms with van der Waals surface area (Å²) in [5, 5.41) is 7.47.